The second-order valence-corrected chi connectivity index (χ2v) is 1.72. The summed E-state index contributed by atoms with van der Waals surface area (Å²) in [5.41, 5.74) is 5.24. The van der Waals surface area contributed by atoms with E-state index in [1.165, 1.54) is 11.0 Å². The van der Waals surface area contributed by atoms with E-state index in [1.807, 2.05) is 6.07 Å². The molecule has 0 radical (unpaired) electrons. The van der Waals surface area contributed by atoms with Gasteiger partial charge >= 0.3 is 0 Å². The van der Waals surface area contributed by atoms with Gasteiger partial charge in [0.25, 0.3) is 0 Å². The number of aromatic nitrogens is 3. The molecule has 0 aromatic carbocycles. The highest BCUT2D eigenvalue weighted by Gasteiger charge is 1.94. The van der Waals surface area contributed by atoms with Crippen LogP contribution in [0.4, 0.5) is 0 Å². The SMILES string of the molecule is N#CCn1cnc(CN)n1. The van der Waals surface area contributed by atoms with Crippen molar-refractivity contribution in [2.75, 3.05) is 0 Å². The Morgan fingerprint density at radius 2 is 2.60 bits per heavy atom. The number of rotatable bonds is 2. The van der Waals surface area contributed by atoms with Crippen molar-refractivity contribution in [3.63, 3.8) is 0 Å². The van der Waals surface area contributed by atoms with E-state index in [1.54, 1.807) is 0 Å². The molecule has 52 valence electrons. The number of nitriles is 1. The van der Waals surface area contributed by atoms with Crippen molar-refractivity contribution in [2.24, 2.45) is 5.73 Å². The number of hydrogen-bond acceptors (Lipinski definition) is 4. The predicted molar refractivity (Wildman–Crippen MR) is 33.5 cm³/mol. The van der Waals surface area contributed by atoms with E-state index in [0.29, 0.717) is 12.4 Å². The van der Waals surface area contributed by atoms with Crippen LogP contribution in [0.1, 0.15) is 5.82 Å². The number of nitrogens with zero attached hydrogens (tertiary/aromatic N) is 4. The molecule has 5 heteroatoms. The highest BCUT2D eigenvalue weighted by Crippen LogP contribution is 1.85. The normalized spacial score (nSPS) is 9.20. The molecule has 0 aliphatic heterocycles. The quantitative estimate of drug-likeness (QED) is 0.582. The zero-order valence-corrected chi connectivity index (χ0v) is 5.36. The van der Waals surface area contributed by atoms with Crippen molar-refractivity contribution in [2.45, 2.75) is 13.1 Å². The summed E-state index contributed by atoms with van der Waals surface area (Å²) < 4.78 is 1.45. The summed E-state index contributed by atoms with van der Waals surface area (Å²) in [6, 6.07) is 1.94. The fourth-order valence-corrected chi connectivity index (χ4v) is 0.575. The lowest BCUT2D eigenvalue weighted by molar-refractivity contribution is 0.692. The van der Waals surface area contributed by atoms with Gasteiger partial charge in [0.1, 0.15) is 12.9 Å². The minimum absolute atomic E-state index is 0.229. The summed E-state index contributed by atoms with van der Waals surface area (Å²) in [5.74, 6) is 0.565. The van der Waals surface area contributed by atoms with Gasteiger partial charge in [0, 0.05) is 0 Å². The van der Waals surface area contributed by atoms with E-state index in [4.69, 9.17) is 11.0 Å². The molecule has 0 atom stereocenters. The molecule has 5 nitrogen and oxygen atoms in total. The largest absolute Gasteiger partial charge is 0.324 e. The number of nitrogens with two attached hydrogens (primary N) is 1. The Morgan fingerprint density at radius 3 is 3.10 bits per heavy atom. The highest BCUT2D eigenvalue weighted by molar-refractivity contribution is 4.81. The molecule has 10 heavy (non-hydrogen) atoms. The maximum Gasteiger partial charge on any atom is 0.164 e. The van der Waals surface area contributed by atoms with E-state index < -0.39 is 0 Å². The summed E-state index contributed by atoms with van der Waals surface area (Å²) in [6.07, 6.45) is 1.49. The van der Waals surface area contributed by atoms with Crippen LogP contribution in [0.15, 0.2) is 6.33 Å². The van der Waals surface area contributed by atoms with Crippen LogP contribution >= 0.6 is 0 Å². The molecule has 0 amide bonds. The second kappa shape index (κ2) is 2.94. The topological polar surface area (TPSA) is 80.5 Å². The fraction of sp³-hybridized carbons (Fsp3) is 0.400. The number of hydrogen-bond donors (Lipinski definition) is 1. The lowest BCUT2D eigenvalue weighted by Crippen LogP contribution is -2.01. The highest BCUT2D eigenvalue weighted by atomic mass is 15.3. The van der Waals surface area contributed by atoms with Crippen LogP contribution in [0.3, 0.4) is 0 Å². The molecule has 1 aromatic rings. The zero-order chi connectivity index (χ0) is 7.40. The lowest BCUT2D eigenvalue weighted by atomic mass is 10.6. The maximum absolute atomic E-state index is 8.23. The Morgan fingerprint density at radius 1 is 1.80 bits per heavy atom. The minimum atomic E-state index is 0.229. The van der Waals surface area contributed by atoms with E-state index in [2.05, 4.69) is 10.1 Å². The van der Waals surface area contributed by atoms with Gasteiger partial charge in [0.15, 0.2) is 5.82 Å². The fourth-order valence-electron chi connectivity index (χ4n) is 0.575. The first-order chi connectivity index (χ1) is 4.86. The van der Waals surface area contributed by atoms with Crippen molar-refractivity contribution < 1.29 is 0 Å². The summed E-state index contributed by atoms with van der Waals surface area (Å²) >= 11 is 0. The molecule has 0 spiro atoms. The summed E-state index contributed by atoms with van der Waals surface area (Å²) in [7, 11) is 0. The molecular weight excluding hydrogens is 130 g/mol. The van der Waals surface area contributed by atoms with Crippen molar-refractivity contribution in [1.82, 2.24) is 14.8 Å². The average Bonchev–Trinajstić information content (AvgIpc) is 2.37. The Kier molecular flexibility index (Phi) is 1.97. The Labute approximate surface area is 58.1 Å². The molecular formula is C5H7N5. The Bertz CT molecular complexity index is 245. The predicted octanol–water partition coefficient (Wildman–Crippen LogP) is -0.740. The monoisotopic (exact) mass is 137 g/mol. The average molecular weight is 137 g/mol. The summed E-state index contributed by atoms with van der Waals surface area (Å²) in [5, 5.41) is 12.1. The van der Waals surface area contributed by atoms with Crippen molar-refractivity contribution >= 4 is 0 Å². The molecule has 0 aliphatic rings. The second-order valence-electron chi connectivity index (χ2n) is 1.72. The smallest absolute Gasteiger partial charge is 0.164 e. The molecule has 2 N–H and O–H groups in total. The van der Waals surface area contributed by atoms with Gasteiger partial charge in [-0.05, 0) is 0 Å². The van der Waals surface area contributed by atoms with Gasteiger partial charge in [-0.3, -0.25) is 0 Å². The molecule has 1 rings (SSSR count). The first kappa shape index (κ1) is 6.71. The molecule has 0 aliphatic carbocycles. The van der Waals surface area contributed by atoms with Gasteiger partial charge in [0.05, 0.1) is 12.6 Å². The van der Waals surface area contributed by atoms with E-state index in [9.17, 15) is 0 Å². The van der Waals surface area contributed by atoms with Gasteiger partial charge in [-0.1, -0.05) is 0 Å². The molecule has 1 aromatic heterocycles. The first-order valence-corrected chi connectivity index (χ1v) is 2.82. The summed E-state index contributed by atoms with van der Waals surface area (Å²) in [4.78, 5) is 3.83. The van der Waals surface area contributed by atoms with Crippen LogP contribution in [0.2, 0.25) is 0 Å². The molecule has 0 fully saturated rings. The van der Waals surface area contributed by atoms with Crippen LogP contribution in [0.25, 0.3) is 0 Å². The Hall–Kier alpha value is -1.41. The minimum Gasteiger partial charge on any atom is -0.324 e. The molecule has 1 heterocycles. The van der Waals surface area contributed by atoms with Gasteiger partial charge < -0.3 is 5.73 Å². The van der Waals surface area contributed by atoms with Crippen LogP contribution in [0, 0.1) is 11.3 Å². The van der Waals surface area contributed by atoms with Gasteiger partial charge in [-0.15, -0.1) is 0 Å². The zero-order valence-electron chi connectivity index (χ0n) is 5.36. The molecule has 0 saturated heterocycles. The van der Waals surface area contributed by atoms with Crippen molar-refractivity contribution in [1.29, 1.82) is 5.26 Å². The third-order valence-corrected chi connectivity index (χ3v) is 0.999. The standard InChI is InChI=1S/C5H7N5/c6-1-2-10-4-8-5(3-7)9-10/h4H,2-3,7H2. The van der Waals surface area contributed by atoms with Crippen molar-refractivity contribution in [3.05, 3.63) is 12.2 Å². The van der Waals surface area contributed by atoms with Gasteiger partial charge in [0.2, 0.25) is 0 Å². The van der Waals surface area contributed by atoms with Crippen LogP contribution in [-0.2, 0) is 13.1 Å². The first-order valence-electron chi connectivity index (χ1n) is 2.82. The molecule has 0 bridgehead atoms. The van der Waals surface area contributed by atoms with Gasteiger partial charge in [-0.2, -0.15) is 10.4 Å². The van der Waals surface area contributed by atoms with Crippen molar-refractivity contribution in [3.8, 4) is 6.07 Å². The maximum atomic E-state index is 8.23. The van der Waals surface area contributed by atoms with Crippen LogP contribution in [-0.4, -0.2) is 14.8 Å². The van der Waals surface area contributed by atoms with E-state index in [-0.39, 0.29) is 6.54 Å². The summed E-state index contributed by atoms with van der Waals surface area (Å²) in [6.45, 7) is 0.547. The van der Waals surface area contributed by atoms with E-state index >= 15 is 0 Å². The van der Waals surface area contributed by atoms with Crippen LogP contribution < -0.4 is 5.73 Å². The van der Waals surface area contributed by atoms with Gasteiger partial charge in [-0.25, -0.2) is 9.67 Å². The third-order valence-electron chi connectivity index (χ3n) is 0.999. The molecule has 0 saturated carbocycles. The third kappa shape index (κ3) is 1.30. The van der Waals surface area contributed by atoms with Crippen LogP contribution in [0.5, 0.6) is 0 Å². The lowest BCUT2D eigenvalue weighted by Gasteiger charge is -1.86. The molecule has 0 unspecified atom stereocenters. The van der Waals surface area contributed by atoms with E-state index in [0.717, 1.165) is 0 Å². The Balaban J connectivity index is 2.70.